The highest BCUT2D eigenvalue weighted by atomic mass is 32.2. The van der Waals surface area contributed by atoms with E-state index >= 15 is 0 Å². The molecule has 0 unspecified atom stereocenters. The third-order valence-electron chi connectivity index (χ3n) is 5.06. The number of aromatic nitrogens is 4. The van der Waals surface area contributed by atoms with E-state index in [-0.39, 0.29) is 11.8 Å². The van der Waals surface area contributed by atoms with Gasteiger partial charge in [-0.05, 0) is 57.2 Å². The van der Waals surface area contributed by atoms with Gasteiger partial charge in [-0.25, -0.2) is 26.7 Å². The monoisotopic (exact) mass is 427 g/mol. The second-order valence-corrected chi connectivity index (χ2v) is 9.60. The molecule has 0 radical (unpaired) electrons. The van der Waals surface area contributed by atoms with Crippen molar-refractivity contribution in [3.05, 3.63) is 54.6 Å². The first-order valence-electron chi connectivity index (χ1n) is 9.57. The Balaban J connectivity index is 1.97. The standard InChI is InChI=1S/C21H22FN5O2S/c1-4-26-12-24-19(14-5-8-16(22)9-6-14)20(26)15-7-10-17-18(11-15)27(21(23)25-17)30(28,29)13(2)3/h5-13H,4H2,1-3H3,(H2,23,25). The summed E-state index contributed by atoms with van der Waals surface area (Å²) in [5.74, 6) is -0.395. The lowest BCUT2D eigenvalue weighted by Gasteiger charge is -2.12. The van der Waals surface area contributed by atoms with Crippen molar-refractivity contribution in [3.8, 4) is 22.5 Å². The Labute approximate surface area is 174 Å². The van der Waals surface area contributed by atoms with Gasteiger partial charge in [-0.1, -0.05) is 6.07 Å². The molecular weight excluding hydrogens is 405 g/mol. The average molecular weight is 428 g/mol. The van der Waals surface area contributed by atoms with Gasteiger partial charge in [0.15, 0.2) is 0 Å². The molecule has 0 aliphatic rings. The molecule has 4 aromatic rings. The number of fused-ring (bicyclic) bond motifs is 1. The van der Waals surface area contributed by atoms with Crippen molar-refractivity contribution in [1.82, 2.24) is 18.5 Å². The first-order chi connectivity index (χ1) is 14.2. The van der Waals surface area contributed by atoms with Gasteiger partial charge in [0.1, 0.15) is 5.82 Å². The minimum atomic E-state index is -3.69. The fourth-order valence-corrected chi connectivity index (χ4v) is 4.59. The highest BCUT2D eigenvalue weighted by Crippen LogP contribution is 2.34. The maximum Gasteiger partial charge on any atom is 0.244 e. The lowest BCUT2D eigenvalue weighted by molar-refractivity contribution is 0.580. The van der Waals surface area contributed by atoms with Gasteiger partial charge in [-0.15, -0.1) is 0 Å². The number of anilines is 1. The van der Waals surface area contributed by atoms with E-state index in [1.165, 1.54) is 12.1 Å². The molecule has 0 amide bonds. The van der Waals surface area contributed by atoms with Crippen LogP contribution in [0.4, 0.5) is 10.3 Å². The van der Waals surface area contributed by atoms with Crippen LogP contribution in [0.15, 0.2) is 48.8 Å². The first kappa shape index (κ1) is 20.1. The Morgan fingerprint density at radius 2 is 1.77 bits per heavy atom. The highest BCUT2D eigenvalue weighted by molar-refractivity contribution is 7.90. The third-order valence-corrected chi connectivity index (χ3v) is 7.14. The summed E-state index contributed by atoms with van der Waals surface area (Å²) in [5.41, 5.74) is 9.88. The van der Waals surface area contributed by atoms with Crippen LogP contribution in [0.5, 0.6) is 0 Å². The average Bonchev–Trinajstić information content (AvgIpc) is 3.28. The van der Waals surface area contributed by atoms with Gasteiger partial charge in [0.25, 0.3) is 0 Å². The predicted molar refractivity (Wildman–Crippen MR) is 116 cm³/mol. The number of nitrogen functional groups attached to an aromatic ring is 1. The molecular formula is C21H22FN5O2S. The zero-order chi connectivity index (χ0) is 21.6. The zero-order valence-corrected chi connectivity index (χ0v) is 17.7. The molecule has 2 heterocycles. The van der Waals surface area contributed by atoms with Crippen molar-refractivity contribution in [2.45, 2.75) is 32.6 Å². The molecule has 156 valence electrons. The second-order valence-electron chi connectivity index (χ2n) is 7.27. The molecule has 0 atom stereocenters. The second kappa shape index (κ2) is 7.24. The molecule has 30 heavy (non-hydrogen) atoms. The smallest absolute Gasteiger partial charge is 0.244 e. The highest BCUT2D eigenvalue weighted by Gasteiger charge is 2.25. The number of nitrogens with two attached hydrogens (primary N) is 1. The molecule has 4 rings (SSSR count). The van der Waals surface area contributed by atoms with E-state index in [9.17, 15) is 12.8 Å². The molecule has 0 saturated heterocycles. The summed E-state index contributed by atoms with van der Waals surface area (Å²) in [7, 11) is -3.69. The summed E-state index contributed by atoms with van der Waals surface area (Å²) in [6.07, 6.45) is 1.72. The van der Waals surface area contributed by atoms with Crippen LogP contribution in [0.1, 0.15) is 20.8 Å². The molecule has 2 N–H and O–H groups in total. The van der Waals surface area contributed by atoms with Crippen LogP contribution in [0, 0.1) is 5.82 Å². The molecule has 9 heteroatoms. The summed E-state index contributed by atoms with van der Waals surface area (Å²) >= 11 is 0. The van der Waals surface area contributed by atoms with Gasteiger partial charge >= 0.3 is 0 Å². The van der Waals surface area contributed by atoms with Crippen molar-refractivity contribution >= 4 is 27.0 Å². The van der Waals surface area contributed by atoms with Crippen LogP contribution in [-0.2, 0) is 16.6 Å². The fraction of sp³-hybridized carbons (Fsp3) is 0.238. The van der Waals surface area contributed by atoms with E-state index in [0.29, 0.717) is 23.3 Å². The quantitative estimate of drug-likeness (QED) is 0.521. The van der Waals surface area contributed by atoms with Crippen molar-refractivity contribution in [2.24, 2.45) is 0 Å². The minimum Gasteiger partial charge on any atom is -0.368 e. The van der Waals surface area contributed by atoms with Gasteiger partial charge < -0.3 is 10.3 Å². The van der Waals surface area contributed by atoms with Gasteiger partial charge in [0.2, 0.25) is 16.0 Å². The Bertz CT molecular complexity index is 1340. The Morgan fingerprint density at radius 3 is 2.40 bits per heavy atom. The van der Waals surface area contributed by atoms with Crippen molar-refractivity contribution in [1.29, 1.82) is 0 Å². The van der Waals surface area contributed by atoms with Crippen molar-refractivity contribution in [2.75, 3.05) is 5.73 Å². The van der Waals surface area contributed by atoms with Crippen LogP contribution < -0.4 is 5.73 Å². The van der Waals surface area contributed by atoms with Gasteiger partial charge in [-0.3, -0.25) is 0 Å². The minimum absolute atomic E-state index is 0.0707. The number of halogens is 1. The topological polar surface area (TPSA) is 95.8 Å². The molecule has 7 nitrogen and oxygen atoms in total. The molecule has 0 aliphatic heterocycles. The molecule has 0 bridgehead atoms. The number of imidazole rings is 2. The van der Waals surface area contributed by atoms with Gasteiger partial charge in [0.05, 0.1) is 34.0 Å². The SMILES string of the molecule is CCn1cnc(-c2ccc(F)cc2)c1-c1ccc2nc(N)n(S(=O)(=O)C(C)C)c2c1. The summed E-state index contributed by atoms with van der Waals surface area (Å²) in [4.78, 5) is 8.74. The zero-order valence-electron chi connectivity index (χ0n) is 16.9. The van der Waals surface area contributed by atoms with Gasteiger partial charge in [0, 0.05) is 17.7 Å². The van der Waals surface area contributed by atoms with Crippen LogP contribution in [-0.4, -0.2) is 32.2 Å². The maximum atomic E-state index is 13.4. The molecule has 0 saturated carbocycles. The normalized spacial score (nSPS) is 12.2. The summed E-state index contributed by atoms with van der Waals surface area (Å²) in [6, 6.07) is 11.5. The summed E-state index contributed by atoms with van der Waals surface area (Å²) < 4.78 is 42.2. The number of nitrogens with zero attached hydrogens (tertiary/aromatic N) is 4. The van der Waals surface area contributed by atoms with Gasteiger partial charge in [-0.2, -0.15) is 0 Å². The molecule has 2 aromatic carbocycles. The fourth-order valence-electron chi connectivity index (χ4n) is 3.44. The molecule has 0 aliphatic carbocycles. The van der Waals surface area contributed by atoms with E-state index in [0.717, 1.165) is 20.8 Å². The number of hydrogen-bond donors (Lipinski definition) is 1. The first-order valence-corrected chi connectivity index (χ1v) is 11.1. The summed E-state index contributed by atoms with van der Waals surface area (Å²) in [5, 5.41) is -0.656. The predicted octanol–water partition coefficient (Wildman–Crippen LogP) is 3.89. The lowest BCUT2D eigenvalue weighted by atomic mass is 10.0. The molecule has 2 aromatic heterocycles. The van der Waals surface area contributed by atoms with E-state index in [1.54, 1.807) is 44.4 Å². The molecule has 0 spiro atoms. The van der Waals surface area contributed by atoms with Crippen LogP contribution >= 0.6 is 0 Å². The van der Waals surface area contributed by atoms with E-state index in [4.69, 9.17) is 5.73 Å². The maximum absolute atomic E-state index is 13.4. The van der Waals surface area contributed by atoms with Crippen molar-refractivity contribution < 1.29 is 12.8 Å². The van der Waals surface area contributed by atoms with E-state index in [2.05, 4.69) is 9.97 Å². The van der Waals surface area contributed by atoms with E-state index < -0.39 is 15.3 Å². The summed E-state index contributed by atoms with van der Waals surface area (Å²) in [6.45, 7) is 5.85. The lowest BCUT2D eigenvalue weighted by Crippen LogP contribution is -2.23. The number of hydrogen-bond acceptors (Lipinski definition) is 5. The largest absolute Gasteiger partial charge is 0.368 e. The van der Waals surface area contributed by atoms with Crippen molar-refractivity contribution in [3.63, 3.8) is 0 Å². The van der Waals surface area contributed by atoms with Crippen LogP contribution in [0.25, 0.3) is 33.5 Å². The molecule has 0 fully saturated rings. The van der Waals surface area contributed by atoms with Crippen LogP contribution in [0.3, 0.4) is 0 Å². The number of aryl methyl sites for hydroxylation is 1. The number of benzene rings is 2. The number of rotatable bonds is 5. The Hall–Kier alpha value is -3.20. The Kier molecular flexibility index (Phi) is 4.85. The van der Waals surface area contributed by atoms with E-state index in [1.807, 2.05) is 17.6 Å². The third kappa shape index (κ3) is 3.15. The van der Waals surface area contributed by atoms with Crippen LogP contribution in [0.2, 0.25) is 0 Å². The Morgan fingerprint density at radius 1 is 1.10 bits per heavy atom.